The van der Waals surface area contributed by atoms with Crippen molar-refractivity contribution >= 4 is 58.0 Å². The summed E-state index contributed by atoms with van der Waals surface area (Å²) in [7, 11) is 0. The lowest BCUT2D eigenvalue weighted by Gasteiger charge is -2.13. The van der Waals surface area contributed by atoms with E-state index in [9.17, 15) is 17.6 Å². The van der Waals surface area contributed by atoms with Crippen molar-refractivity contribution in [1.82, 2.24) is 4.98 Å². The highest BCUT2D eigenvalue weighted by Gasteiger charge is 2.33. The Morgan fingerprint density at radius 2 is 1.27 bits per heavy atom. The van der Waals surface area contributed by atoms with Crippen molar-refractivity contribution in [3.8, 4) is 11.3 Å². The maximum absolute atomic E-state index is 14.0. The van der Waals surface area contributed by atoms with Crippen molar-refractivity contribution in [2.75, 3.05) is 0 Å². The maximum atomic E-state index is 14.0. The molecule has 0 bridgehead atoms. The quantitative estimate of drug-likeness (QED) is 0.274. The first-order valence-corrected chi connectivity index (χ1v) is 7.19. The number of rotatable bonds is 1. The zero-order valence-corrected chi connectivity index (χ0v) is 13.8. The normalized spacial score (nSPS) is 11.9. The molecule has 1 nitrogen and oxygen atoms in total. The highest BCUT2D eigenvalue weighted by Crippen LogP contribution is 2.48. The Morgan fingerprint density at radius 1 is 0.818 bits per heavy atom. The average molecular weight is 413 g/mol. The van der Waals surface area contributed by atoms with Crippen molar-refractivity contribution in [2.24, 2.45) is 0 Å². The summed E-state index contributed by atoms with van der Waals surface area (Å²) in [5.74, 6) is -1.28. The largest absolute Gasteiger partial charge is 0.417 e. The molecule has 1 aromatic heterocycles. The molecule has 1 heterocycles. The smallest absolute Gasteiger partial charge is 0.252 e. The maximum Gasteiger partial charge on any atom is 0.417 e. The van der Waals surface area contributed by atoms with Crippen molar-refractivity contribution < 1.29 is 17.6 Å². The summed E-state index contributed by atoms with van der Waals surface area (Å²) < 4.78 is 51.6. The molecule has 0 aliphatic rings. The Kier molecular flexibility index (Phi) is 5.05. The molecular weight excluding hydrogens is 411 g/mol. The second-order valence-corrected chi connectivity index (χ2v) is 5.89. The molecule has 0 unspecified atom stereocenters. The molecule has 2 aromatic rings. The van der Waals surface area contributed by atoms with E-state index in [1.54, 1.807) is 0 Å². The number of hydrogen-bond donors (Lipinski definition) is 0. The van der Waals surface area contributed by atoms with Crippen LogP contribution in [0.5, 0.6) is 0 Å². The number of pyridine rings is 1. The van der Waals surface area contributed by atoms with Crippen molar-refractivity contribution in [2.45, 2.75) is 6.18 Å². The van der Waals surface area contributed by atoms with Gasteiger partial charge in [-0.25, -0.2) is 4.39 Å². The van der Waals surface area contributed by atoms with Crippen LogP contribution < -0.4 is 0 Å². The number of halogens is 9. The van der Waals surface area contributed by atoms with Crippen molar-refractivity contribution in [3.63, 3.8) is 0 Å². The summed E-state index contributed by atoms with van der Waals surface area (Å²) in [5, 5.41) is -1.13. The van der Waals surface area contributed by atoms with E-state index in [2.05, 4.69) is 4.98 Å². The minimum atomic E-state index is -4.74. The molecule has 0 saturated carbocycles. The summed E-state index contributed by atoms with van der Waals surface area (Å²) in [6.45, 7) is 0. The van der Waals surface area contributed by atoms with E-state index in [0.29, 0.717) is 6.20 Å². The summed E-state index contributed by atoms with van der Waals surface area (Å²) in [5.41, 5.74) is -2.02. The van der Waals surface area contributed by atoms with Gasteiger partial charge < -0.3 is 0 Å². The summed E-state index contributed by atoms with van der Waals surface area (Å²) >= 11 is 29.3. The fourth-order valence-corrected chi connectivity index (χ4v) is 2.91. The number of nitrogens with zero attached hydrogens (tertiary/aromatic N) is 1. The Hall–Kier alpha value is -0.460. The van der Waals surface area contributed by atoms with E-state index in [4.69, 9.17) is 58.0 Å². The molecule has 0 spiro atoms. The van der Waals surface area contributed by atoms with Crippen LogP contribution >= 0.6 is 58.0 Å². The van der Waals surface area contributed by atoms with Crippen LogP contribution in [0.3, 0.4) is 0 Å². The number of aromatic nitrogens is 1. The Bertz CT molecular complexity index is 731. The van der Waals surface area contributed by atoms with Crippen LogP contribution in [0.4, 0.5) is 17.6 Å². The molecular formula is C12H2Cl5F4N. The molecule has 2 rings (SSSR count). The molecule has 0 radical (unpaired) electrons. The molecule has 10 heteroatoms. The van der Waals surface area contributed by atoms with Gasteiger partial charge in [0.15, 0.2) is 0 Å². The second-order valence-electron chi connectivity index (χ2n) is 4.00. The van der Waals surface area contributed by atoms with Gasteiger partial charge in [-0.3, -0.25) is 4.98 Å². The second kappa shape index (κ2) is 6.21. The molecule has 118 valence electrons. The van der Waals surface area contributed by atoms with Gasteiger partial charge in [0.25, 0.3) is 0 Å². The molecule has 22 heavy (non-hydrogen) atoms. The third kappa shape index (κ3) is 3.10. The number of benzene rings is 1. The molecule has 0 N–H and O–H groups in total. The lowest BCUT2D eigenvalue weighted by molar-refractivity contribution is -0.138. The molecule has 0 saturated heterocycles. The van der Waals surface area contributed by atoms with Crippen LogP contribution in [0.1, 0.15) is 5.56 Å². The van der Waals surface area contributed by atoms with Gasteiger partial charge in [0, 0.05) is 11.8 Å². The Morgan fingerprint density at radius 3 is 1.68 bits per heavy atom. The molecule has 0 fully saturated rings. The van der Waals surface area contributed by atoms with Gasteiger partial charge in [0.1, 0.15) is 11.5 Å². The van der Waals surface area contributed by atoms with Crippen LogP contribution in [-0.4, -0.2) is 4.98 Å². The molecule has 0 amide bonds. The lowest BCUT2D eigenvalue weighted by Crippen LogP contribution is -2.07. The standard InChI is InChI=1S/C12H2Cl5F4N/c13-6-5(7(14)9(16)10(17)8(6)15)11-4(18)1-3(2-22-11)12(19,20)21/h1-2H. The third-order valence-electron chi connectivity index (χ3n) is 2.62. The van der Waals surface area contributed by atoms with Gasteiger partial charge in [-0.1, -0.05) is 58.0 Å². The van der Waals surface area contributed by atoms with Gasteiger partial charge in [0.05, 0.1) is 30.7 Å². The van der Waals surface area contributed by atoms with Crippen LogP contribution in [0, 0.1) is 5.82 Å². The van der Waals surface area contributed by atoms with Gasteiger partial charge >= 0.3 is 6.18 Å². The van der Waals surface area contributed by atoms with E-state index < -0.39 is 23.3 Å². The van der Waals surface area contributed by atoms with E-state index in [1.165, 1.54) is 0 Å². The fraction of sp³-hybridized carbons (Fsp3) is 0.0833. The number of alkyl halides is 3. The average Bonchev–Trinajstić information content (AvgIpc) is 2.43. The molecule has 1 aromatic carbocycles. The first kappa shape index (κ1) is 17.9. The highest BCUT2D eigenvalue weighted by atomic mass is 35.5. The van der Waals surface area contributed by atoms with Gasteiger partial charge in [-0.2, -0.15) is 13.2 Å². The highest BCUT2D eigenvalue weighted by molar-refractivity contribution is 6.56. The van der Waals surface area contributed by atoms with E-state index in [1.807, 2.05) is 0 Å². The predicted octanol–water partition coefficient (Wildman–Crippen LogP) is 7.17. The first-order chi connectivity index (χ1) is 10.1. The fourth-order valence-electron chi connectivity index (χ4n) is 1.59. The van der Waals surface area contributed by atoms with E-state index >= 15 is 0 Å². The lowest BCUT2D eigenvalue weighted by atomic mass is 10.1. The molecule has 0 atom stereocenters. The van der Waals surface area contributed by atoms with Gasteiger partial charge in [-0.15, -0.1) is 0 Å². The molecule has 0 aliphatic heterocycles. The third-order valence-corrected chi connectivity index (χ3v) is 4.89. The minimum Gasteiger partial charge on any atom is -0.252 e. The zero-order valence-electron chi connectivity index (χ0n) is 10.0. The summed E-state index contributed by atoms with van der Waals surface area (Å²) in [6, 6.07) is 0.269. The van der Waals surface area contributed by atoms with Crippen LogP contribution in [0.2, 0.25) is 25.1 Å². The SMILES string of the molecule is Fc1cc(C(F)(F)F)cnc1-c1c(Cl)c(Cl)c(Cl)c(Cl)c1Cl. The van der Waals surface area contributed by atoms with Gasteiger partial charge in [0.2, 0.25) is 0 Å². The van der Waals surface area contributed by atoms with Crippen LogP contribution in [-0.2, 0) is 6.18 Å². The van der Waals surface area contributed by atoms with Gasteiger partial charge in [-0.05, 0) is 6.07 Å². The summed E-state index contributed by atoms with van der Waals surface area (Å²) in [6.07, 6.45) is -4.29. The van der Waals surface area contributed by atoms with E-state index in [0.717, 1.165) is 0 Å². The Labute approximate surface area is 146 Å². The topological polar surface area (TPSA) is 12.9 Å². The van der Waals surface area contributed by atoms with Crippen LogP contribution in [0.25, 0.3) is 11.3 Å². The molecule has 0 aliphatic carbocycles. The van der Waals surface area contributed by atoms with Crippen molar-refractivity contribution in [3.05, 3.63) is 48.8 Å². The van der Waals surface area contributed by atoms with E-state index in [-0.39, 0.29) is 36.7 Å². The number of hydrogen-bond acceptors (Lipinski definition) is 1. The minimum absolute atomic E-state index is 0.158. The first-order valence-electron chi connectivity index (χ1n) is 5.30. The van der Waals surface area contributed by atoms with Crippen molar-refractivity contribution in [1.29, 1.82) is 0 Å². The Balaban J connectivity index is 2.74. The predicted molar refractivity (Wildman–Crippen MR) is 79.7 cm³/mol. The van der Waals surface area contributed by atoms with Crippen LogP contribution in [0.15, 0.2) is 12.3 Å². The monoisotopic (exact) mass is 411 g/mol. The summed E-state index contributed by atoms with van der Waals surface area (Å²) in [4.78, 5) is 3.42. The zero-order chi connectivity index (χ0) is 16.8.